The lowest BCUT2D eigenvalue weighted by atomic mass is 9.94. The minimum Gasteiger partial charge on any atom is -0.507 e. The molecule has 1 aliphatic heterocycles. The molecule has 6 heteroatoms. The topological polar surface area (TPSA) is 76.1 Å². The van der Waals surface area contributed by atoms with Gasteiger partial charge < -0.3 is 19.5 Å². The summed E-state index contributed by atoms with van der Waals surface area (Å²) in [5.41, 5.74) is 1.25. The Morgan fingerprint density at radius 3 is 2.27 bits per heavy atom. The van der Waals surface area contributed by atoms with Crippen molar-refractivity contribution in [2.24, 2.45) is 0 Å². The molecule has 1 atom stereocenters. The molecular formula is C24H25NO5. The number of aliphatic hydroxyl groups is 1. The number of ketones is 1. The van der Waals surface area contributed by atoms with Gasteiger partial charge in [0.2, 0.25) is 0 Å². The average molecular weight is 407 g/mol. The molecule has 1 heterocycles. The number of Topliss-reactive ketones (excluding diaryl/α,β-unsaturated/α-hetero) is 1. The van der Waals surface area contributed by atoms with Gasteiger partial charge in [0.25, 0.3) is 11.7 Å². The lowest BCUT2D eigenvalue weighted by Gasteiger charge is -2.30. The lowest BCUT2D eigenvalue weighted by Crippen LogP contribution is -2.37. The number of likely N-dealkylation sites (tertiary alicyclic amines) is 1. The van der Waals surface area contributed by atoms with Gasteiger partial charge >= 0.3 is 0 Å². The second-order valence-corrected chi connectivity index (χ2v) is 7.62. The summed E-state index contributed by atoms with van der Waals surface area (Å²) in [7, 11) is 3.09. The van der Waals surface area contributed by atoms with Crippen molar-refractivity contribution >= 4 is 17.4 Å². The summed E-state index contributed by atoms with van der Waals surface area (Å²) in [6.07, 6.45) is 3.76. The van der Waals surface area contributed by atoms with Crippen LogP contribution in [0.25, 0.3) is 5.76 Å². The highest BCUT2D eigenvalue weighted by Crippen LogP contribution is 2.44. The zero-order chi connectivity index (χ0) is 21.3. The van der Waals surface area contributed by atoms with E-state index in [1.165, 1.54) is 7.11 Å². The number of nitrogens with zero attached hydrogens (tertiary/aromatic N) is 1. The van der Waals surface area contributed by atoms with Crippen LogP contribution in [0.15, 0.2) is 54.1 Å². The maximum atomic E-state index is 13.1. The first-order chi connectivity index (χ1) is 14.6. The lowest BCUT2D eigenvalue weighted by molar-refractivity contribution is -0.141. The summed E-state index contributed by atoms with van der Waals surface area (Å²) in [5.74, 6) is -0.311. The number of carbonyl (C=O) groups excluding carboxylic acids is 2. The average Bonchev–Trinajstić information content (AvgIpc) is 3.40. The molecule has 6 nitrogen and oxygen atoms in total. The van der Waals surface area contributed by atoms with Gasteiger partial charge in [0, 0.05) is 6.04 Å². The molecule has 0 aromatic heterocycles. The number of benzene rings is 2. The number of hydrogen-bond donors (Lipinski definition) is 1. The maximum absolute atomic E-state index is 13.1. The van der Waals surface area contributed by atoms with E-state index < -0.39 is 17.7 Å². The fraction of sp³-hybridized carbons (Fsp3) is 0.333. The predicted molar refractivity (Wildman–Crippen MR) is 112 cm³/mol. The van der Waals surface area contributed by atoms with Crippen LogP contribution in [-0.2, 0) is 9.59 Å². The van der Waals surface area contributed by atoms with Crippen molar-refractivity contribution in [1.29, 1.82) is 0 Å². The third kappa shape index (κ3) is 3.32. The van der Waals surface area contributed by atoms with Gasteiger partial charge in [-0.3, -0.25) is 9.59 Å². The minimum absolute atomic E-state index is 0.0171. The number of rotatable bonds is 5. The molecule has 2 fully saturated rings. The number of hydrogen-bond acceptors (Lipinski definition) is 5. The summed E-state index contributed by atoms with van der Waals surface area (Å²) in [4.78, 5) is 27.9. The number of methoxy groups -OCH3 is 2. The van der Waals surface area contributed by atoms with E-state index in [9.17, 15) is 14.7 Å². The van der Waals surface area contributed by atoms with Crippen LogP contribution in [0.4, 0.5) is 0 Å². The second-order valence-electron chi connectivity index (χ2n) is 7.62. The van der Waals surface area contributed by atoms with Crippen molar-refractivity contribution in [3.05, 3.63) is 65.2 Å². The molecule has 156 valence electrons. The van der Waals surface area contributed by atoms with Crippen LogP contribution in [0, 0.1) is 0 Å². The Kier molecular flexibility index (Phi) is 5.48. The van der Waals surface area contributed by atoms with Crippen molar-refractivity contribution in [3.63, 3.8) is 0 Å². The monoisotopic (exact) mass is 407 g/mol. The zero-order valence-electron chi connectivity index (χ0n) is 17.1. The molecule has 1 saturated heterocycles. The van der Waals surface area contributed by atoms with Crippen molar-refractivity contribution in [3.8, 4) is 11.5 Å². The van der Waals surface area contributed by atoms with Crippen molar-refractivity contribution in [2.75, 3.05) is 14.2 Å². The molecule has 2 aromatic rings. The van der Waals surface area contributed by atoms with Crippen LogP contribution in [0.1, 0.15) is 42.9 Å². The normalized spacial score (nSPS) is 21.3. The van der Waals surface area contributed by atoms with Crippen LogP contribution in [0.5, 0.6) is 11.5 Å². The third-order valence-corrected chi connectivity index (χ3v) is 5.99. The Morgan fingerprint density at radius 2 is 1.63 bits per heavy atom. The molecule has 1 saturated carbocycles. The number of amides is 1. The smallest absolute Gasteiger partial charge is 0.295 e. The summed E-state index contributed by atoms with van der Waals surface area (Å²) in [6.45, 7) is 0. The molecule has 1 N–H and O–H groups in total. The molecule has 1 unspecified atom stereocenters. The van der Waals surface area contributed by atoms with E-state index in [4.69, 9.17) is 9.47 Å². The van der Waals surface area contributed by atoms with E-state index in [-0.39, 0.29) is 17.4 Å². The van der Waals surface area contributed by atoms with Gasteiger partial charge in [-0.2, -0.15) is 0 Å². The van der Waals surface area contributed by atoms with Crippen LogP contribution < -0.4 is 9.47 Å². The molecule has 4 rings (SSSR count). The standard InChI is InChI=1S/C24H25NO5/c1-29-17-13-11-15(12-14-17)21-20(22(26)18-9-5-6-10-19(18)30-2)23(27)24(28)25(21)16-7-3-4-8-16/h5-6,9-14,16,21,26H,3-4,7-8H2,1-2H3/b22-20-. The molecule has 0 bridgehead atoms. The van der Waals surface area contributed by atoms with E-state index in [1.54, 1.807) is 48.4 Å². The van der Waals surface area contributed by atoms with Gasteiger partial charge in [0.15, 0.2) is 0 Å². The molecule has 0 radical (unpaired) electrons. The Morgan fingerprint density at radius 1 is 0.967 bits per heavy atom. The molecule has 2 aliphatic rings. The molecule has 1 amide bonds. The molecule has 30 heavy (non-hydrogen) atoms. The van der Waals surface area contributed by atoms with Gasteiger partial charge in [-0.1, -0.05) is 37.1 Å². The van der Waals surface area contributed by atoms with E-state index in [0.29, 0.717) is 17.1 Å². The quantitative estimate of drug-likeness (QED) is 0.459. The molecule has 2 aromatic carbocycles. The summed E-state index contributed by atoms with van der Waals surface area (Å²) in [6, 6.07) is 13.5. The van der Waals surface area contributed by atoms with Crippen LogP contribution in [0.3, 0.4) is 0 Å². The third-order valence-electron chi connectivity index (χ3n) is 5.99. The summed E-state index contributed by atoms with van der Waals surface area (Å²) >= 11 is 0. The highest BCUT2D eigenvalue weighted by atomic mass is 16.5. The van der Waals surface area contributed by atoms with Crippen molar-refractivity contribution < 1.29 is 24.2 Å². The second kappa shape index (κ2) is 8.22. The van der Waals surface area contributed by atoms with Gasteiger partial charge in [-0.05, 0) is 42.7 Å². The van der Waals surface area contributed by atoms with Gasteiger partial charge in [0.05, 0.1) is 31.4 Å². The van der Waals surface area contributed by atoms with Gasteiger partial charge in [-0.25, -0.2) is 0 Å². The van der Waals surface area contributed by atoms with Crippen LogP contribution >= 0.6 is 0 Å². The van der Waals surface area contributed by atoms with Crippen LogP contribution in [-0.4, -0.2) is 42.0 Å². The number of carbonyl (C=O) groups is 2. The highest BCUT2D eigenvalue weighted by molar-refractivity contribution is 6.46. The van der Waals surface area contributed by atoms with Crippen LogP contribution in [0.2, 0.25) is 0 Å². The van der Waals surface area contributed by atoms with E-state index in [2.05, 4.69) is 0 Å². The fourth-order valence-corrected chi connectivity index (χ4v) is 4.51. The SMILES string of the molecule is COc1ccc(C2/C(=C(/O)c3ccccc3OC)C(=O)C(=O)N2C2CCCC2)cc1. The molecular weight excluding hydrogens is 382 g/mol. The van der Waals surface area contributed by atoms with Crippen molar-refractivity contribution in [1.82, 2.24) is 4.90 Å². The Balaban J connectivity index is 1.89. The van der Waals surface area contributed by atoms with E-state index in [0.717, 1.165) is 31.2 Å². The number of aliphatic hydroxyl groups excluding tert-OH is 1. The minimum atomic E-state index is -0.661. The Hall–Kier alpha value is -3.28. The molecule has 1 aliphatic carbocycles. The Labute approximate surface area is 175 Å². The fourth-order valence-electron chi connectivity index (χ4n) is 4.51. The number of ether oxygens (including phenoxy) is 2. The highest BCUT2D eigenvalue weighted by Gasteiger charge is 2.49. The first kappa shape index (κ1) is 20.0. The van der Waals surface area contributed by atoms with Crippen molar-refractivity contribution in [2.45, 2.75) is 37.8 Å². The summed E-state index contributed by atoms with van der Waals surface area (Å²) < 4.78 is 10.6. The number of para-hydroxylation sites is 1. The molecule has 0 spiro atoms. The van der Waals surface area contributed by atoms with E-state index >= 15 is 0 Å². The maximum Gasteiger partial charge on any atom is 0.295 e. The van der Waals surface area contributed by atoms with Gasteiger partial charge in [0.1, 0.15) is 17.3 Å². The predicted octanol–water partition coefficient (Wildman–Crippen LogP) is 4.07. The first-order valence-corrected chi connectivity index (χ1v) is 10.1. The Bertz CT molecular complexity index is 989. The van der Waals surface area contributed by atoms with E-state index in [1.807, 2.05) is 12.1 Å². The first-order valence-electron chi connectivity index (χ1n) is 10.1. The zero-order valence-corrected chi connectivity index (χ0v) is 17.1. The van der Waals surface area contributed by atoms with Gasteiger partial charge in [-0.15, -0.1) is 0 Å². The summed E-state index contributed by atoms with van der Waals surface area (Å²) in [5, 5.41) is 11.2. The largest absolute Gasteiger partial charge is 0.507 e.